The van der Waals surface area contributed by atoms with Gasteiger partial charge in [-0.2, -0.15) is 0 Å². The maximum absolute atomic E-state index is 12.4. The fourth-order valence-corrected chi connectivity index (χ4v) is 2.63. The smallest absolute Gasteiger partial charge is 0.265 e. The van der Waals surface area contributed by atoms with Gasteiger partial charge in [0, 0.05) is 4.47 Å². The third-order valence-corrected chi connectivity index (χ3v) is 4.00. The number of carbonyl (C=O) groups excluding carboxylic acids is 1. The molecule has 0 aliphatic rings. The van der Waals surface area contributed by atoms with Gasteiger partial charge in [-0.3, -0.25) is 4.79 Å². The van der Waals surface area contributed by atoms with E-state index in [-0.39, 0.29) is 5.91 Å². The van der Waals surface area contributed by atoms with Gasteiger partial charge in [-0.15, -0.1) is 0 Å². The summed E-state index contributed by atoms with van der Waals surface area (Å²) in [5.41, 5.74) is 3.04. The van der Waals surface area contributed by atoms with Crippen molar-refractivity contribution in [3.05, 3.63) is 58.1 Å². The SMILES string of the molecule is CCC(Oc1ccc(C)cc1)C(=O)Nc1ccc(C)cc1Br. The summed E-state index contributed by atoms with van der Waals surface area (Å²) >= 11 is 3.47. The van der Waals surface area contributed by atoms with Gasteiger partial charge in [0.15, 0.2) is 6.10 Å². The molecule has 1 atom stereocenters. The van der Waals surface area contributed by atoms with Gasteiger partial charge in [-0.1, -0.05) is 30.7 Å². The van der Waals surface area contributed by atoms with Gasteiger partial charge in [0.05, 0.1) is 5.69 Å². The number of aryl methyl sites for hydroxylation is 2. The second-order valence-electron chi connectivity index (χ2n) is 5.30. The molecule has 0 saturated heterocycles. The minimum absolute atomic E-state index is 0.146. The molecule has 0 heterocycles. The van der Waals surface area contributed by atoms with Gasteiger partial charge < -0.3 is 10.1 Å². The second-order valence-corrected chi connectivity index (χ2v) is 6.15. The predicted octanol–water partition coefficient (Wildman–Crippen LogP) is 4.86. The molecule has 116 valence electrons. The average molecular weight is 362 g/mol. The van der Waals surface area contributed by atoms with Gasteiger partial charge >= 0.3 is 0 Å². The van der Waals surface area contributed by atoms with Crippen LogP contribution in [0.1, 0.15) is 24.5 Å². The van der Waals surface area contributed by atoms with Gasteiger partial charge in [0.2, 0.25) is 0 Å². The molecule has 1 unspecified atom stereocenters. The fourth-order valence-electron chi connectivity index (χ4n) is 2.04. The number of hydrogen-bond donors (Lipinski definition) is 1. The number of ether oxygens (including phenoxy) is 1. The van der Waals surface area contributed by atoms with Crippen molar-refractivity contribution in [3.8, 4) is 5.75 Å². The first-order chi connectivity index (χ1) is 10.5. The molecule has 0 saturated carbocycles. The van der Waals surface area contributed by atoms with Crippen LogP contribution < -0.4 is 10.1 Å². The number of amides is 1. The summed E-state index contributed by atoms with van der Waals surface area (Å²) in [7, 11) is 0. The lowest BCUT2D eigenvalue weighted by molar-refractivity contribution is -0.122. The highest BCUT2D eigenvalue weighted by atomic mass is 79.9. The number of benzene rings is 2. The first-order valence-electron chi connectivity index (χ1n) is 7.30. The van der Waals surface area contributed by atoms with Crippen LogP contribution >= 0.6 is 15.9 Å². The van der Waals surface area contributed by atoms with E-state index in [0.717, 1.165) is 21.3 Å². The highest BCUT2D eigenvalue weighted by molar-refractivity contribution is 9.10. The Balaban J connectivity index is 2.06. The maximum Gasteiger partial charge on any atom is 0.265 e. The largest absolute Gasteiger partial charge is 0.481 e. The Hall–Kier alpha value is -1.81. The lowest BCUT2D eigenvalue weighted by Gasteiger charge is -2.18. The molecule has 3 nitrogen and oxygen atoms in total. The van der Waals surface area contributed by atoms with Crippen molar-refractivity contribution < 1.29 is 9.53 Å². The molecule has 22 heavy (non-hydrogen) atoms. The van der Waals surface area contributed by atoms with Crippen LogP contribution in [0.4, 0.5) is 5.69 Å². The van der Waals surface area contributed by atoms with E-state index in [2.05, 4.69) is 21.2 Å². The molecule has 2 rings (SSSR count). The van der Waals surface area contributed by atoms with Crippen molar-refractivity contribution in [1.82, 2.24) is 0 Å². The molecule has 0 aliphatic heterocycles. The maximum atomic E-state index is 12.4. The quantitative estimate of drug-likeness (QED) is 0.825. The van der Waals surface area contributed by atoms with Gasteiger partial charge in [0.1, 0.15) is 5.75 Å². The van der Waals surface area contributed by atoms with Crippen LogP contribution in [0.2, 0.25) is 0 Å². The highest BCUT2D eigenvalue weighted by Crippen LogP contribution is 2.24. The van der Waals surface area contributed by atoms with E-state index in [0.29, 0.717) is 12.2 Å². The summed E-state index contributed by atoms with van der Waals surface area (Å²) in [6.45, 7) is 5.96. The molecule has 0 spiro atoms. The van der Waals surface area contributed by atoms with E-state index < -0.39 is 6.10 Å². The van der Waals surface area contributed by atoms with Crippen LogP contribution in [0.15, 0.2) is 46.9 Å². The zero-order valence-electron chi connectivity index (χ0n) is 13.0. The molecule has 0 aliphatic carbocycles. The van der Waals surface area contributed by atoms with E-state index in [4.69, 9.17) is 4.74 Å². The van der Waals surface area contributed by atoms with Crippen molar-refractivity contribution in [1.29, 1.82) is 0 Å². The van der Waals surface area contributed by atoms with Gasteiger partial charge in [0.25, 0.3) is 5.91 Å². The third kappa shape index (κ3) is 4.34. The Bertz CT molecular complexity index is 653. The molecular formula is C18H20BrNO2. The molecular weight excluding hydrogens is 342 g/mol. The van der Waals surface area contributed by atoms with E-state index in [1.807, 2.05) is 63.2 Å². The van der Waals surface area contributed by atoms with E-state index in [1.54, 1.807) is 0 Å². The molecule has 0 fully saturated rings. The number of halogens is 1. The number of rotatable bonds is 5. The Morgan fingerprint density at radius 1 is 1.14 bits per heavy atom. The van der Waals surface area contributed by atoms with Crippen molar-refractivity contribution >= 4 is 27.5 Å². The van der Waals surface area contributed by atoms with Crippen LogP contribution in [0.5, 0.6) is 5.75 Å². The summed E-state index contributed by atoms with van der Waals surface area (Å²) in [5, 5.41) is 2.91. The van der Waals surface area contributed by atoms with Crippen LogP contribution in [0, 0.1) is 13.8 Å². The van der Waals surface area contributed by atoms with Crippen molar-refractivity contribution in [2.45, 2.75) is 33.3 Å². The molecule has 4 heteroatoms. The topological polar surface area (TPSA) is 38.3 Å². The molecule has 0 bridgehead atoms. The monoisotopic (exact) mass is 361 g/mol. The Morgan fingerprint density at radius 2 is 1.77 bits per heavy atom. The van der Waals surface area contributed by atoms with E-state index >= 15 is 0 Å². The van der Waals surface area contributed by atoms with Crippen molar-refractivity contribution in [2.24, 2.45) is 0 Å². The molecule has 2 aromatic carbocycles. The van der Waals surface area contributed by atoms with Crippen LogP contribution in [0.3, 0.4) is 0 Å². The number of anilines is 1. The summed E-state index contributed by atoms with van der Waals surface area (Å²) in [4.78, 5) is 12.4. The van der Waals surface area contributed by atoms with Crippen molar-refractivity contribution in [2.75, 3.05) is 5.32 Å². The van der Waals surface area contributed by atoms with Crippen molar-refractivity contribution in [3.63, 3.8) is 0 Å². The fraction of sp³-hybridized carbons (Fsp3) is 0.278. The Morgan fingerprint density at radius 3 is 2.36 bits per heavy atom. The number of carbonyl (C=O) groups is 1. The minimum atomic E-state index is -0.518. The van der Waals surface area contributed by atoms with Crippen LogP contribution in [-0.2, 0) is 4.79 Å². The number of hydrogen-bond acceptors (Lipinski definition) is 2. The zero-order chi connectivity index (χ0) is 16.1. The average Bonchev–Trinajstić information content (AvgIpc) is 2.49. The van der Waals surface area contributed by atoms with E-state index in [9.17, 15) is 4.79 Å². The van der Waals surface area contributed by atoms with Gasteiger partial charge in [-0.05, 0) is 66.0 Å². The molecule has 2 aromatic rings. The van der Waals surface area contributed by atoms with Crippen LogP contribution in [0.25, 0.3) is 0 Å². The predicted molar refractivity (Wildman–Crippen MR) is 93.4 cm³/mol. The first-order valence-corrected chi connectivity index (χ1v) is 8.09. The normalized spacial score (nSPS) is 11.8. The van der Waals surface area contributed by atoms with E-state index in [1.165, 1.54) is 0 Å². The molecule has 0 radical (unpaired) electrons. The molecule has 1 amide bonds. The second kappa shape index (κ2) is 7.45. The lowest BCUT2D eigenvalue weighted by Crippen LogP contribution is -2.32. The Kier molecular flexibility index (Phi) is 5.61. The standard InChI is InChI=1S/C18H20BrNO2/c1-4-17(22-14-8-5-12(2)6-9-14)18(21)20-16-10-7-13(3)11-15(16)19/h5-11,17H,4H2,1-3H3,(H,20,21). The Labute approximate surface area is 139 Å². The first kappa shape index (κ1) is 16.6. The van der Waals surface area contributed by atoms with Crippen LogP contribution in [-0.4, -0.2) is 12.0 Å². The van der Waals surface area contributed by atoms with Gasteiger partial charge in [-0.25, -0.2) is 0 Å². The summed E-state index contributed by atoms with van der Waals surface area (Å²) < 4.78 is 6.66. The minimum Gasteiger partial charge on any atom is -0.481 e. The number of nitrogens with one attached hydrogen (secondary N) is 1. The summed E-state index contributed by atoms with van der Waals surface area (Å²) in [6, 6.07) is 13.5. The molecule has 0 aromatic heterocycles. The zero-order valence-corrected chi connectivity index (χ0v) is 14.6. The third-order valence-electron chi connectivity index (χ3n) is 3.35. The summed E-state index contributed by atoms with van der Waals surface area (Å²) in [5.74, 6) is 0.559. The summed E-state index contributed by atoms with van der Waals surface area (Å²) in [6.07, 6.45) is 0.0827. The molecule has 1 N–H and O–H groups in total. The lowest BCUT2D eigenvalue weighted by atomic mass is 10.2. The highest BCUT2D eigenvalue weighted by Gasteiger charge is 2.19.